The van der Waals surface area contributed by atoms with E-state index in [1.54, 1.807) is 0 Å². The van der Waals surface area contributed by atoms with Crippen LogP contribution >= 0.6 is 11.6 Å². The van der Waals surface area contributed by atoms with E-state index < -0.39 is 5.76 Å². The Morgan fingerprint density at radius 2 is 1.95 bits per heavy atom. The molecule has 7 rings (SSSR count). The lowest BCUT2D eigenvalue weighted by Crippen LogP contribution is -2.50. The SMILES string of the molecule is CC([C@H]1CC[C@H](C)CC1)n1c(N2CCOC3CCCC32)nc2nc(-c3n[nH]c(=O)o3)nc(-c3cccc(Cl)c3)c21. The first kappa shape index (κ1) is 25.7. The average molecular weight is 564 g/mol. The van der Waals surface area contributed by atoms with Gasteiger partial charge in [-0.05, 0) is 63.0 Å². The van der Waals surface area contributed by atoms with Gasteiger partial charge in [-0.2, -0.15) is 4.98 Å². The van der Waals surface area contributed by atoms with Crippen molar-refractivity contribution >= 4 is 28.7 Å². The summed E-state index contributed by atoms with van der Waals surface area (Å²) in [5, 5.41) is 6.94. The molecule has 0 bridgehead atoms. The molecule has 3 atom stereocenters. The number of halogens is 1. The Kier molecular flexibility index (Phi) is 6.62. The van der Waals surface area contributed by atoms with E-state index in [0.717, 1.165) is 48.8 Å². The number of hydrogen-bond donors (Lipinski definition) is 1. The molecule has 40 heavy (non-hydrogen) atoms. The molecule has 10 nitrogen and oxygen atoms in total. The molecule has 0 amide bonds. The van der Waals surface area contributed by atoms with Crippen molar-refractivity contribution < 1.29 is 9.15 Å². The number of nitrogens with zero attached hydrogens (tertiary/aromatic N) is 6. The van der Waals surface area contributed by atoms with Gasteiger partial charge < -0.3 is 18.6 Å². The topological polar surface area (TPSA) is 115 Å². The molecule has 11 heteroatoms. The number of aromatic amines is 1. The van der Waals surface area contributed by atoms with Gasteiger partial charge in [0.2, 0.25) is 11.8 Å². The molecule has 3 fully saturated rings. The zero-order valence-corrected chi connectivity index (χ0v) is 23.6. The molecule has 2 aliphatic carbocycles. The highest BCUT2D eigenvalue weighted by Gasteiger charge is 2.40. The predicted molar refractivity (Wildman–Crippen MR) is 152 cm³/mol. The summed E-state index contributed by atoms with van der Waals surface area (Å²) in [7, 11) is 0. The molecule has 3 aliphatic rings. The van der Waals surface area contributed by atoms with Crippen LogP contribution in [0, 0.1) is 11.8 Å². The molecule has 3 unspecified atom stereocenters. The maximum absolute atomic E-state index is 11.8. The number of nitrogens with one attached hydrogen (secondary N) is 1. The van der Waals surface area contributed by atoms with Gasteiger partial charge in [0.25, 0.3) is 5.89 Å². The van der Waals surface area contributed by atoms with Crippen molar-refractivity contribution in [1.82, 2.24) is 29.7 Å². The second kappa shape index (κ2) is 10.3. The van der Waals surface area contributed by atoms with Gasteiger partial charge in [0.1, 0.15) is 11.2 Å². The smallest absolute Gasteiger partial charge is 0.384 e. The van der Waals surface area contributed by atoms with E-state index in [2.05, 4.69) is 33.5 Å². The van der Waals surface area contributed by atoms with Crippen LogP contribution in [-0.4, -0.2) is 55.0 Å². The maximum Gasteiger partial charge on any atom is 0.434 e. The van der Waals surface area contributed by atoms with Crippen LogP contribution < -0.4 is 10.7 Å². The molecule has 3 aromatic heterocycles. The molecular weight excluding hydrogens is 530 g/mol. The highest BCUT2D eigenvalue weighted by molar-refractivity contribution is 6.30. The number of rotatable bonds is 5. The number of benzene rings is 1. The molecule has 1 aromatic carbocycles. The van der Waals surface area contributed by atoms with Gasteiger partial charge in [-0.3, -0.25) is 0 Å². The summed E-state index contributed by atoms with van der Waals surface area (Å²) in [5.41, 5.74) is 2.96. The fourth-order valence-corrected chi connectivity index (χ4v) is 7.18. The van der Waals surface area contributed by atoms with Gasteiger partial charge in [0.15, 0.2) is 5.65 Å². The molecule has 1 saturated heterocycles. The molecule has 0 radical (unpaired) electrons. The van der Waals surface area contributed by atoms with Gasteiger partial charge in [-0.25, -0.2) is 19.9 Å². The molecule has 1 aliphatic heterocycles. The first-order valence-electron chi connectivity index (χ1n) is 14.5. The highest BCUT2D eigenvalue weighted by atomic mass is 35.5. The Hall–Kier alpha value is -3.24. The summed E-state index contributed by atoms with van der Waals surface area (Å²) in [6.45, 7) is 6.13. The lowest BCUT2D eigenvalue weighted by Gasteiger charge is -2.40. The Bertz CT molecular complexity index is 1590. The first-order chi connectivity index (χ1) is 19.5. The predicted octanol–water partition coefficient (Wildman–Crippen LogP) is 5.64. The van der Waals surface area contributed by atoms with Crippen LogP contribution in [0.1, 0.15) is 64.8 Å². The summed E-state index contributed by atoms with van der Waals surface area (Å²) in [6.07, 6.45) is 8.37. The van der Waals surface area contributed by atoms with E-state index in [4.69, 9.17) is 35.7 Å². The van der Waals surface area contributed by atoms with Crippen LogP contribution in [0.5, 0.6) is 0 Å². The van der Waals surface area contributed by atoms with Crippen LogP contribution in [0.2, 0.25) is 5.02 Å². The zero-order valence-electron chi connectivity index (χ0n) is 22.8. The van der Waals surface area contributed by atoms with E-state index in [-0.39, 0.29) is 29.9 Å². The minimum Gasteiger partial charge on any atom is -0.384 e. The summed E-state index contributed by atoms with van der Waals surface area (Å²) in [4.78, 5) is 29.2. The number of imidazole rings is 1. The lowest BCUT2D eigenvalue weighted by atomic mass is 9.79. The monoisotopic (exact) mass is 563 g/mol. The lowest BCUT2D eigenvalue weighted by molar-refractivity contribution is 0.0245. The van der Waals surface area contributed by atoms with E-state index >= 15 is 0 Å². The van der Waals surface area contributed by atoms with Crippen molar-refractivity contribution in [1.29, 1.82) is 0 Å². The Labute approximate surface area is 237 Å². The molecule has 4 aromatic rings. The highest BCUT2D eigenvalue weighted by Crippen LogP contribution is 2.43. The van der Waals surface area contributed by atoms with Gasteiger partial charge in [0, 0.05) is 23.2 Å². The zero-order chi connectivity index (χ0) is 27.4. The number of hydrogen-bond acceptors (Lipinski definition) is 8. The quantitative estimate of drug-likeness (QED) is 0.332. The minimum absolute atomic E-state index is 0.0304. The van der Waals surface area contributed by atoms with Gasteiger partial charge in [-0.1, -0.05) is 43.5 Å². The summed E-state index contributed by atoms with van der Waals surface area (Å²) < 4.78 is 13.8. The molecule has 1 N–H and O–H groups in total. The van der Waals surface area contributed by atoms with Crippen molar-refractivity contribution in [2.45, 2.75) is 77.0 Å². The van der Waals surface area contributed by atoms with Gasteiger partial charge in [-0.15, -0.1) is 5.10 Å². The van der Waals surface area contributed by atoms with Crippen molar-refractivity contribution in [3.05, 3.63) is 39.8 Å². The van der Waals surface area contributed by atoms with Crippen molar-refractivity contribution in [2.24, 2.45) is 11.8 Å². The van der Waals surface area contributed by atoms with Crippen molar-refractivity contribution in [3.8, 4) is 23.0 Å². The van der Waals surface area contributed by atoms with Crippen molar-refractivity contribution in [3.63, 3.8) is 0 Å². The van der Waals surface area contributed by atoms with E-state index in [1.165, 1.54) is 25.7 Å². The molecule has 2 saturated carbocycles. The van der Waals surface area contributed by atoms with Crippen LogP contribution in [0.15, 0.2) is 33.5 Å². The van der Waals surface area contributed by atoms with Crippen LogP contribution in [0.25, 0.3) is 34.1 Å². The number of H-pyrrole nitrogens is 1. The number of fused-ring (bicyclic) bond motifs is 2. The second-order valence-corrected chi connectivity index (χ2v) is 12.1. The first-order valence-corrected chi connectivity index (χ1v) is 14.8. The average Bonchev–Trinajstić information content (AvgIpc) is 3.70. The molecule has 0 spiro atoms. The largest absolute Gasteiger partial charge is 0.434 e. The summed E-state index contributed by atoms with van der Waals surface area (Å²) >= 11 is 6.47. The minimum atomic E-state index is -0.657. The molecular formula is C29H34ClN7O3. The third kappa shape index (κ3) is 4.51. The third-order valence-corrected chi connectivity index (χ3v) is 9.38. The van der Waals surface area contributed by atoms with Crippen LogP contribution in [0.4, 0.5) is 5.95 Å². The number of anilines is 1. The number of aromatic nitrogens is 6. The van der Waals surface area contributed by atoms with E-state index in [0.29, 0.717) is 28.9 Å². The van der Waals surface area contributed by atoms with Crippen molar-refractivity contribution in [2.75, 3.05) is 18.1 Å². The Balaban J connectivity index is 1.47. The Morgan fingerprint density at radius 3 is 2.73 bits per heavy atom. The fraction of sp³-hybridized carbons (Fsp3) is 0.552. The number of ether oxygens (including phenoxy) is 1. The number of morpholine rings is 1. The summed E-state index contributed by atoms with van der Waals surface area (Å²) in [5.74, 6) is 1.77. The van der Waals surface area contributed by atoms with E-state index in [9.17, 15) is 4.79 Å². The van der Waals surface area contributed by atoms with E-state index in [1.807, 2.05) is 24.3 Å². The van der Waals surface area contributed by atoms with Gasteiger partial charge in [0.05, 0.1) is 18.8 Å². The van der Waals surface area contributed by atoms with Gasteiger partial charge >= 0.3 is 5.76 Å². The summed E-state index contributed by atoms with van der Waals surface area (Å²) in [6, 6.07) is 8.13. The molecule has 4 heterocycles. The molecule has 210 valence electrons. The fourth-order valence-electron chi connectivity index (χ4n) is 6.99. The Morgan fingerprint density at radius 1 is 1.10 bits per heavy atom. The third-order valence-electron chi connectivity index (χ3n) is 9.14. The van der Waals surface area contributed by atoms with Crippen LogP contribution in [-0.2, 0) is 4.74 Å². The van der Waals surface area contributed by atoms with Crippen LogP contribution in [0.3, 0.4) is 0 Å². The maximum atomic E-state index is 11.8. The standard InChI is InChI=1S/C29H34ClN7O3/c1-16-9-11-18(12-10-16)17(2)37-24-23(19-5-3-6-20(30)15-19)31-26(27-34-35-29(38)40-27)32-25(24)33-28(37)36-13-14-39-22-8-4-7-21(22)36/h3,5-6,15-18,21-22H,4,7-14H2,1-2H3,(H,35,38)/t16-,17?,18-,21?,22?. The normalized spacial score (nSPS) is 25.8. The second-order valence-electron chi connectivity index (χ2n) is 11.6.